The minimum atomic E-state index is 0.721. The Balaban J connectivity index is 1.46. The molecule has 2 nitrogen and oxygen atoms in total. The Morgan fingerprint density at radius 3 is 2.95 bits per heavy atom. The van der Waals surface area contributed by atoms with E-state index in [2.05, 4.69) is 21.7 Å². The Bertz CT molecular complexity index is 438. The minimum Gasteiger partial charge on any atom is -0.310 e. The van der Waals surface area contributed by atoms with E-state index in [1.807, 2.05) is 11.3 Å². The summed E-state index contributed by atoms with van der Waals surface area (Å²) in [4.78, 5) is 4.43. The normalized spacial score (nSPS) is 32.2. The van der Waals surface area contributed by atoms with Crippen molar-refractivity contribution in [3.05, 3.63) is 21.9 Å². The summed E-state index contributed by atoms with van der Waals surface area (Å²) in [6.45, 7) is 2.58. The standard InChI is InChI=1S/C16H24N2S/c1-4-15(14-8-10-19-16(14)5-1)18-9-2-3-13(11-18)17-12-6-7-12/h8,10,12-13,15,17H,1-7,9,11H2. The summed E-state index contributed by atoms with van der Waals surface area (Å²) in [5, 5.41) is 6.14. The molecule has 0 amide bonds. The number of likely N-dealkylation sites (tertiary alicyclic amines) is 1. The van der Waals surface area contributed by atoms with Crippen molar-refractivity contribution in [2.45, 2.75) is 63.1 Å². The van der Waals surface area contributed by atoms with Crippen molar-refractivity contribution < 1.29 is 0 Å². The highest BCUT2D eigenvalue weighted by Gasteiger charge is 2.32. The molecule has 2 atom stereocenters. The van der Waals surface area contributed by atoms with Gasteiger partial charge < -0.3 is 5.32 Å². The molecular formula is C16H24N2S. The van der Waals surface area contributed by atoms with Crippen molar-refractivity contribution in [1.29, 1.82) is 0 Å². The predicted octanol–water partition coefficient (Wildman–Crippen LogP) is 3.34. The smallest absolute Gasteiger partial charge is 0.0359 e. The SMILES string of the molecule is c1cc2c(s1)CCCC2N1CCCC(NC2CC2)C1. The van der Waals surface area contributed by atoms with E-state index in [0.29, 0.717) is 0 Å². The van der Waals surface area contributed by atoms with Gasteiger partial charge in [0.1, 0.15) is 0 Å². The first-order valence-electron chi connectivity index (χ1n) is 7.96. The molecule has 1 N–H and O–H groups in total. The fourth-order valence-corrected chi connectivity index (χ4v) is 4.83. The zero-order valence-corrected chi connectivity index (χ0v) is 12.4. The molecule has 1 aliphatic heterocycles. The lowest BCUT2D eigenvalue weighted by Crippen LogP contribution is -2.48. The van der Waals surface area contributed by atoms with Gasteiger partial charge in [0.05, 0.1) is 0 Å². The van der Waals surface area contributed by atoms with Crippen LogP contribution >= 0.6 is 11.3 Å². The van der Waals surface area contributed by atoms with Gasteiger partial charge in [-0.2, -0.15) is 0 Å². The first-order valence-corrected chi connectivity index (χ1v) is 8.84. The second kappa shape index (κ2) is 5.19. The van der Waals surface area contributed by atoms with Crippen molar-refractivity contribution >= 4 is 11.3 Å². The number of nitrogens with one attached hydrogen (secondary N) is 1. The first-order chi connectivity index (χ1) is 9.40. The fourth-order valence-electron chi connectivity index (χ4n) is 3.85. The number of hydrogen-bond acceptors (Lipinski definition) is 3. The quantitative estimate of drug-likeness (QED) is 0.911. The van der Waals surface area contributed by atoms with Crippen molar-refractivity contribution in [2.24, 2.45) is 0 Å². The van der Waals surface area contributed by atoms with Crippen molar-refractivity contribution in [3.63, 3.8) is 0 Å². The van der Waals surface area contributed by atoms with Gasteiger partial charge in [0.25, 0.3) is 0 Å². The average Bonchev–Trinajstić information content (AvgIpc) is 3.12. The topological polar surface area (TPSA) is 15.3 Å². The van der Waals surface area contributed by atoms with Crippen LogP contribution in [0, 0.1) is 0 Å². The van der Waals surface area contributed by atoms with Crippen LogP contribution in [0.4, 0.5) is 0 Å². The Hall–Kier alpha value is -0.380. The zero-order chi connectivity index (χ0) is 12.7. The van der Waals surface area contributed by atoms with E-state index < -0.39 is 0 Å². The van der Waals surface area contributed by atoms with E-state index in [-0.39, 0.29) is 0 Å². The largest absolute Gasteiger partial charge is 0.310 e. The number of aryl methyl sites for hydroxylation is 1. The van der Waals surface area contributed by atoms with E-state index >= 15 is 0 Å². The van der Waals surface area contributed by atoms with Crippen LogP contribution in [0.15, 0.2) is 11.4 Å². The highest BCUT2D eigenvalue weighted by atomic mass is 32.1. The monoisotopic (exact) mass is 276 g/mol. The van der Waals surface area contributed by atoms with E-state index in [1.54, 1.807) is 10.4 Å². The molecule has 4 rings (SSSR count). The predicted molar refractivity (Wildman–Crippen MR) is 80.8 cm³/mol. The van der Waals surface area contributed by atoms with E-state index in [0.717, 1.165) is 18.1 Å². The van der Waals surface area contributed by atoms with Gasteiger partial charge >= 0.3 is 0 Å². The van der Waals surface area contributed by atoms with E-state index in [9.17, 15) is 0 Å². The van der Waals surface area contributed by atoms with Crippen molar-refractivity contribution in [1.82, 2.24) is 10.2 Å². The van der Waals surface area contributed by atoms with Crippen LogP contribution < -0.4 is 5.32 Å². The second-order valence-electron chi connectivity index (χ2n) is 6.48. The fraction of sp³-hybridized carbons (Fsp3) is 0.750. The van der Waals surface area contributed by atoms with Crippen molar-refractivity contribution in [3.8, 4) is 0 Å². The van der Waals surface area contributed by atoms with Crippen LogP contribution in [-0.2, 0) is 6.42 Å². The number of rotatable bonds is 3. The molecule has 2 aliphatic carbocycles. The van der Waals surface area contributed by atoms with Gasteiger partial charge in [-0.15, -0.1) is 11.3 Å². The lowest BCUT2D eigenvalue weighted by Gasteiger charge is -2.40. The van der Waals surface area contributed by atoms with Crippen LogP contribution in [0.25, 0.3) is 0 Å². The van der Waals surface area contributed by atoms with E-state index in [4.69, 9.17) is 0 Å². The van der Waals surface area contributed by atoms with Gasteiger partial charge in [0.2, 0.25) is 0 Å². The third-order valence-corrected chi connectivity index (χ3v) is 5.96. The van der Waals surface area contributed by atoms with Gasteiger partial charge in [0, 0.05) is 29.5 Å². The number of piperidine rings is 1. The first kappa shape index (κ1) is 12.4. The van der Waals surface area contributed by atoms with Crippen LogP contribution in [0.2, 0.25) is 0 Å². The Kier molecular flexibility index (Phi) is 3.38. The molecule has 1 aromatic heterocycles. The van der Waals surface area contributed by atoms with Crippen LogP contribution in [0.3, 0.4) is 0 Å². The Labute approximate surface area is 120 Å². The summed E-state index contributed by atoms with van der Waals surface area (Å²) >= 11 is 1.97. The maximum atomic E-state index is 3.84. The minimum absolute atomic E-state index is 0.721. The lowest BCUT2D eigenvalue weighted by atomic mass is 9.90. The third-order valence-electron chi connectivity index (χ3n) is 4.96. The van der Waals surface area contributed by atoms with Gasteiger partial charge in [-0.1, -0.05) is 0 Å². The number of fused-ring (bicyclic) bond motifs is 1. The van der Waals surface area contributed by atoms with Crippen LogP contribution in [-0.4, -0.2) is 30.1 Å². The maximum absolute atomic E-state index is 3.84. The summed E-state index contributed by atoms with van der Waals surface area (Å²) in [5.74, 6) is 0. The highest BCUT2D eigenvalue weighted by molar-refractivity contribution is 7.10. The number of hydrogen-bond donors (Lipinski definition) is 1. The molecule has 0 bridgehead atoms. The van der Waals surface area contributed by atoms with Crippen LogP contribution in [0.1, 0.15) is 55.0 Å². The summed E-state index contributed by atoms with van der Waals surface area (Å²) in [6, 6.07) is 4.72. The third kappa shape index (κ3) is 2.61. The van der Waals surface area contributed by atoms with Crippen LogP contribution in [0.5, 0.6) is 0 Å². The zero-order valence-electron chi connectivity index (χ0n) is 11.6. The molecule has 0 spiro atoms. The maximum Gasteiger partial charge on any atom is 0.0359 e. The summed E-state index contributed by atoms with van der Waals surface area (Å²) in [6.07, 6.45) is 9.66. The molecule has 1 aromatic rings. The average molecular weight is 276 g/mol. The van der Waals surface area contributed by atoms with Gasteiger partial charge in [-0.05, 0) is 68.5 Å². The number of thiophene rings is 1. The van der Waals surface area contributed by atoms with Gasteiger partial charge in [0.15, 0.2) is 0 Å². The molecule has 2 fully saturated rings. The lowest BCUT2D eigenvalue weighted by molar-refractivity contribution is 0.124. The molecule has 1 saturated heterocycles. The molecule has 0 aromatic carbocycles. The number of nitrogens with zero attached hydrogens (tertiary/aromatic N) is 1. The molecular weight excluding hydrogens is 252 g/mol. The van der Waals surface area contributed by atoms with Gasteiger partial charge in [-0.3, -0.25) is 4.90 Å². The molecule has 2 unspecified atom stereocenters. The van der Waals surface area contributed by atoms with Crippen molar-refractivity contribution in [2.75, 3.05) is 13.1 Å². The molecule has 3 aliphatic rings. The summed E-state index contributed by atoms with van der Waals surface area (Å²) < 4.78 is 0. The molecule has 1 saturated carbocycles. The molecule has 19 heavy (non-hydrogen) atoms. The molecule has 2 heterocycles. The highest BCUT2D eigenvalue weighted by Crippen LogP contribution is 2.38. The second-order valence-corrected chi connectivity index (χ2v) is 7.48. The van der Waals surface area contributed by atoms with E-state index in [1.165, 1.54) is 58.0 Å². The summed E-state index contributed by atoms with van der Waals surface area (Å²) in [5.41, 5.74) is 1.66. The molecule has 3 heteroatoms. The Morgan fingerprint density at radius 2 is 2.05 bits per heavy atom. The summed E-state index contributed by atoms with van der Waals surface area (Å²) in [7, 11) is 0. The molecule has 104 valence electrons. The Morgan fingerprint density at radius 1 is 1.11 bits per heavy atom. The molecule has 0 radical (unpaired) electrons. The van der Waals surface area contributed by atoms with Gasteiger partial charge in [-0.25, -0.2) is 0 Å².